The van der Waals surface area contributed by atoms with Crippen LogP contribution in [0.25, 0.3) is 21.7 Å². The van der Waals surface area contributed by atoms with Gasteiger partial charge in [0, 0.05) is 0 Å². The number of halogens is 1. The van der Waals surface area contributed by atoms with Crippen molar-refractivity contribution < 1.29 is 4.39 Å². The quantitative estimate of drug-likeness (QED) is 0.770. The lowest BCUT2D eigenvalue weighted by atomic mass is 10.1. The predicted molar refractivity (Wildman–Crippen MR) is 69.0 cm³/mol. The summed E-state index contributed by atoms with van der Waals surface area (Å²) in [6.45, 7) is 4.09. The summed E-state index contributed by atoms with van der Waals surface area (Å²) in [6.07, 6.45) is 0. The Morgan fingerprint density at radius 1 is 1.33 bits per heavy atom. The number of aromatic amines is 1. The molecule has 0 radical (unpaired) electrons. The molecule has 4 nitrogen and oxygen atoms in total. The molecule has 1 aromatic carbocycles. The Balaban J connectivity index is 2.20. The molecule has 1 N–H and O–H groups in total. The SMILES string of the molecule is CC(C)c1nnsc1-c1nc2c(F)cccc2[nH]1. The second-order valence-corrected chi connectivity index (χ2v) is 5.12. The summed E-state index contributed by atoms with van der Waals surface area (Å²) < 4.78 is 17.5. The van der Waals surface area contributed by atoms with Gasteiger partial charge in [0.25, 0.3) is 0 Å². The first-order valence-corrected chi connectivity index (χ1v) is 6.41. The van der Waals surface area contributed by atoms with E-state index in [0.717, 1.165) is 10.6 Å². The van der Waals surface area contributed by atoms with Crippen LogP contribution in [-0.4, -0.2) is 19.6 Å². The molecule has 0 fully saturated rings. The van der Waals surface area contributed by atoms with Crippen molar-refractivity contribution in [3.05, 3.63) is 29.7 Å². The number of benzene rings is 1. The van der Waals surface area contributed by atoms with Crippen molar-refractivity contribution in [3.63, 3.8) is 0 Å². The van der Waals surface area contributed by atoms with E-state index < -0.39 is 0 Å². The Labute approximate surface area is 107 Å². The van der Waals surface area contributed by atoms with Crippen molar-refractivity contribution in [2.45, 2.75) is 19.8 Å². The number of nitrogens with zero attached hydrogens (tertiary/aromatic N) is 3. The second-order valence-electron chi connectivity index (χ2n) is 4.36. The zero-order chi connectivity index (χ0) is 12.7. The number of rotatable bonds is 2. The highest BCUT2D eigenvalue weighted by molar-refractivity contribution is 7.09. The van der Waals surface area contributed by atoms with E-state index in [2.05, 4.69) is 19.6 Å². The van der Waals surface area contributed by atoms with Crippen LogP contribution < -0.4 is 0 Å². The van der Waals surface area contributed by atoms with Gasteiger partial charge >= 0.3 is 0 Å². The normalized spacial score (nSPS) is 11.6. The largest absolute Gasteiger partial charge is 0.337 e. The van der Waals surface area contributed by atoms with Crippen molar-refractivity contribution in [1.82, 2.24) is 19.6 Å². The molecule has 6 heteroatoms. The molecule has 0 aliphatic carbocycles. The minimum atomic E-state index is -0.321. The zero-order valence-corrected chi connectivity index (χ0v) is 10.8. The molecule has 18 heavy (non-hydrogen) atoms. The van der Waals surface area contributed by atoms with Crippen LogP contribution in [0.5, 0.6) is 0 Å². The Morgan fingerprint density at radius 3 is 2.89 bits per heavy atom. The van der Waals surface area contributed by atoms with Gasteiger partial charge in [-0.1, -0.05) is 24.4 Å². The van der Waals surface area contributed by atoms with E-state index in [1.165, 1.54) is 17.6 Å². The molecule has 3 aromatic rings. The maximum atomic E-state index is 13.6. The lowest BCUT2D eigenvalue weighted by Gasteiger charge is -2.00. The number of hydrogen-bond donors (Lipinski definition) is 1. The van der Waals surface area contributed by atoms with Crippen LogP contribution in [0.1, 0.15) is 25.5 Å². The monoisotopic (exact) mass is 262 g/mol. The van der Waals surface area contributed by atoms with Crippen LogP contribution in [0.3, 0.4) is 0 Å². The molecule has 0 atom stereocenters. The van der Waals surface area contributed by atoms with Gasteiger partial charge in [0.2, 0.25) is 0 Å². The highest BCUT2D eigenvalue weighted by Crippen LogP contribution is 2.30. The molecule has 0 spiro atoms. The fourth-order valence-electron chi connectivity index (χ4n) is 1.84. The van der Waals surface area contributed by atoms with Crippen molar-refractivity contribution >= 4 is 22.6 Å². The molecule has 0 aliphatic rings. The van der Waals surface area contributed by atoms with Crippen LogP contribution in [0, 0.1) is 5.82 Å². The number of nitrogens with one attached hydrogen (secondary N) is 1. The van der Waals surface area contributed by atoms with Crippen LogP contribution >= 0.6 is 11.5 Å². The van der Waals surface area contributed by atoms with Crippen molar-refractivity contribution in [2.24, 2.45) is 0 Å². The van der Waals surface area contributed by atoms with Gasteiger partial charge in [-0.25, -0.2) is 9.37 Å². The average Bonchev–Trinajstić information content (AvgIpc) is 2.95. The molecule has 2 aromatic heterocycles. The molecular formula is C12H11FN4S. The Kier molecular flexibility index (Phi) is 2.59. The maximum absolute atomic E-state index is 13.6. The van der Waals surface area contributed by atoms with Gasteiger partial charge < -0.3 is 4.98 Å². The molecule has 0 aliphatic heterocycles. The maximum Gasteiger partial charge on any atom is 0.152 e. The lowest BCUT2D eigenvalue weighted by Crippen LogP contribution is -1.91. The minimum absolute atomic E-state index is 0.261. The number of imidazole rings is 1. The first-order valence-electron chi connectivity index (χ1n) is 5.63. The first-order chi connectivity index (χ1) is 8.66. The van der Waals surface area contributed by atoms with Gasteiger partial charge in [-0.15, -0.1) is 5.10 Å². The molecule has 0 unspecified atom stereocenters. The summed E-state index contributed by atoms with van der Waals surface area (Å²) >= 11 is 1.27. The van der Waals surface area contributed by atoms with Gasteiger partial charge in [-0.3, -0.25) is 0 Å². The molecule has 0 saturated heterocycles. The van der Waals surface area contributed by atoms with E-state index in [1.807, 2.05) is 13.8 Å². The third-order valence-electron chi connectivity index (χ3n) is 2.74. The van der Waals surface area contributed by atoms with Gasteiger partial charge in [-0.05, 0) is 29.6 Å². The van der Waals surface area contributed by atoms with E-state index in [0.29, 0.717) is 16.9 Å². The van der Waals surface area contributed by atoms with Crippen LogP contribution in [0.2, 0.25) is 0 Å². The third-order valence-corrected chi connectivity index (χ3v) is 3.49. The van der Waals surface area contributed by atoms with Crippen LogP contribution in [0.4, 0.5) is 4.39 Å². The number of aromatic nitrogens is 4. The molecule has 0 amide bonds. The van der Waals surface area contributed by atoms with E-state index in [-0.39, 0.29) is 11.7 Å². The van der Waals surface area contributed by atoms with E-state index in [1.54, 1.807) is 12.1 Å². The molecule has 3 rings (SSSR count). The summed E-state index contributed by atoms with van der Waals surface area (Å²) in [5.74, 6) is 0.573. The summed E-state index contributed by atoms with van der Waals surface area (Å²) in [6, 6.07) is 4.87. The summed E-state index contributed by atoms with van der Waals surface area (Å²) in [5, 5.41) is 4.10. The number of hydrogen-bond acceptors (Lipinski definition) is 4. The fraction of sp³-hybridized carbons (Fsp3) is 0.250. The van der Waals surface area contributed by atoms with E-state index in [4.69, 9.17) is 0 Å². The predicted octanol–water partition coefficient (Wildman–Crippen LogP) is 3.34. The Bertz CT molecular complexity index is 701. The summed E-state index contributed by atoms with van der Waals surface area (Å²) in [4.78, 5) is 8.29. The Morgan fingerprint density at radius 2 is 2.17 bits per heavy atom. The lowest BCUT2D eigenvalue weighted by molar-refractivity contribution is 0.637. The van der Waals surface area contributed by atoms with Gasteiger partial charge in [0.15, 0.2) is 11.6 Å². The molecular weight excluding hydrogens is 251 g/mol. The van der Waals surface area contributed by atoms with Crippen LogP contribution in [-0.2, 0) is 0 Å². The minimum Gasteiger partial charge on any atom is -0.337 e. The number of H-pyrrole nitrogens is 1. The van der Waals surface area contributed by atoms with Gasteiger partial charge in [-0.2, -0.15) is 0 Å². The summed E-state index contributed by atoms with van der Waals surface area (Å²) in [5.41, 5.74) is 1.93. The Hall–Kier alpha value is -1.82. The zero-order valence-electron chi connectivity index (χ0n) is 9.94. The molecule has 92 valence electrons. The highest BCUT2D eigenvalue weighted by Gasteiger charge is 2.17. The number of para-hydroxylation sites is 1. The van der Waals surface area contributed by atoms with Crippen molar-refractivity contribution in [1.29, 1.82) is 0 Å². The van der Waals surface area contributed by atoms with Gasteiger partial charge in [0.05, 0.1) is 11.2 Å². The topological polar surface area (TPSA) is 54.5 Å². The van der Waals surface area contributed by atoms with Crippen molar-refractivity contribution in [2.75, 3.05) is 0 Å². The molecule has 0 saturated carbocycles. The smallest absolute Gasteiger partial charge is 0.152 e. The number of fused-ring (bicyclic) bond motifs is 1. The molecule has 2 heterocycles. The second kappa shape index (κ2) is 4.13. The van der Waals surface area contributed by atoms with E-state index >= 15 is 0 Å². The first kappa shape index (κ1) is 11.3. The highest BCUT2D eigenvalue weighted by atomic mass is 32.1. The van der Waals surface area contributed by atoms with Gasteiger partial charge in [0.1, 0.15) is 10.4 Å². The summed E-state index contributed by atoms with van der Waals surface area (Å²) in [7, 11) is 0. The standard InChI is InChI=1S/C12H11FN4S/c1-6(2)9-11(18-17-16-9)12-14-8-5-3-4-7(13)10(8)15-12/h3-6H,1-2H3,(H,14,15). The average molecular weight is 262 g/mol. The van der Waals surface area contributed by atoms with Crippen LogP contribution in [0.15, 0.2) is 18.2 Å². The van der Waals surface area contributed by atoms with E-state index in [9.17, 15) is 4.39 Å². The fourth-order valence-corrected chi connectivity index (χ4v) is 2.61. The van der Waals surface area contributed by atoms with Crippen molar-refractivity contribution in [3.8, 4) is 10.7 Å². The third kappa shape index (κ3) is 1.69. The molecule has 0 bridgehead atoms.